The van der Waals surface area contributed by atoms with Crippen molar-refractivity contribution in [1.29, 1.82) is 0 Å². The maximum absolute atomic E-state index is 4.25. The normalized spacial score (nSPS) is 15.8. The highest BCUT2D eigenvalue weighted by atomic mass is 15.1. The number of rotatable bonds is 2. The van der Waals surface area contributed by atoms with Gasteiger partial charge in [-0.2, -0.15) is 0 Å². The summed E-state index contributed by atoms with van der Waals surface area (Å²) in [6.45, 7) is 0.827. The van der Waals surface area contributed by atoms with Crippen LogP contribution < -0.4 is 0 Å². The van der Waals surface area contributed by atoms with E-state index in [9.17, 15) is 0 Å². The third kappa shape index (κ3) is 2.74. The van der Waals surface area contributed by atoms with E-state index in [1.165, 1.54) is 0 Å². The van der Waals surface area contributed by atoms with Gasteiger partial charge in [-0.25, -0.2) is 0 Å². The monoisotopic (exact) mass is 200 g/mol. The third-order valence-electron chi connectivity index (χ3n) is 2.00. The highest BCUT2D eigenvalue weighted by molar-refractivity contribution is 6.00. The lowest BCUT2D eigenvalue weighted by Gasteiger charge is -2.16. The maximum atomic E-state index is 4.25. The van der Waals surface area contributed by atoms with Crippen molar-refractivity contribution in [1.82, 2.24) is 14.9 Å². The van der Waals surface area contributed by atoms with Gasteiger partial charge in [0.25, 0.3) is 0 Å². The van der Waals surface area contributed by atoms with Gasteiger partial charge >= 0.3 is 0 Å². The standard InChI is InChI=1S/C11H12N4/c1-15-7-6-14-11(9-15)3-2-10-8-12-4-5-13-10/h2-8H,9H2,1H3. The molecule has 0 bridgehead atoms. The van der Waals surface area contributed by atoms with Crippen molar-refractivity contribution in [3.63, 3.8) is 0 Å². The molecule has 15 heavy (non-hydrogen) atoms. The van der Waals surface area contributed by atoms with Gasteiger partial charge < -0.3 is 4.90 Å². The van der Waals surface area contributed by atoms with E-state index < -0.39 is 0 Å². The lowest BCUT2D eigenvalue weighted by atomic mass is 10.2. The second-order valence-corrected chi connectivity index (χ2v) is 3.30. The molecular formula is C11H12N4. The molecule has 4 nitrogen and oxygen atoms in total. The van der Waals surface area contributed by atoms with Gasteiger partial charge in [-0.05, 0) is 12.2 Å². The Morgan fingerprint density at radius 1 is 1.33 bits per heavy atom. The van der Waals surface area contributed by atoms with Gasteiger partial charge in [0.1, 0.15) is 0 Å². The van der Waals surface area contributed by atoms with Gasteiger partial charge in [0.2, 0.25) is 0 Å². The molecule has 0 amide bonds. The van der Waals surface area contributed by atoms with Crippen LogP contribution in [-0.2, 0) is 0 Å². The molecular weight excluding hydrogens is 188 g/mol. The average molecular weight is 200 g/mol. The summed E-state index contributed by atoms with van der Waals surface area (Å²) in [4.78, 5) is 14.5. The van der Waals surface area contributed by atoms with Gasteiger partial charge in [-0.3, -0.25) is 15.0 Å². The van der Waals surface area contributed by atoms with Crippen molar-refractivity contribution in [2.24, 2.45) is 4.99 Å². The first-order valence-corrected chi connectivity index (χ1v) is 4.72. The first-order chi connectivity index (χ1) is 7.34. The molecule has 0 saturated heterocycles. The molecule has 1 aliphatic rings. The average Bonchev–Trinajstić information content (AvgIpc) is 2.28. The summed E-state index contributed by atoms with van der Waals surface area (Å²) in [5.74, 6) is 0. The lowest BCUT2D eigenvalue weighted by molar-refractivity contribution is 0.518. The third-order valence-corrected chi connectivity index (χ3v) is 2.00. The van der Waals surface area contributed by atoms with Crippen molar-refractivity contribution < 1.29 is 0 Å². The lowest BCUT2D eigenvalue weighted by Crippen LogP contribution is -2.21. The van der Waals surface area contributed by atoms with Crippen molar-refractivity contribution in [3.8, 4) is 0 Å². The Kier molecular flexibility index (Phi) is 2.88. The molecule has 1 aromatic rings. The zero-order valence-corrected chi connectivity index (χ0v) is 8.54. The van der Waals surface area contributed by atoms with Crippen LogP contribution in [0.5, 0.6) is 0 Å². The maximum Gasteiger partial charge on any atom is 0.0813 e. The molecule has 0 saturated carbocycles. The van der Waals surface area contributed by atoms with E-state index in [1.807, 2.05) is 25.4 Å². The second-order valence-electron chi connectivity index (χ2n) is 3.30. The largest absolute Gasteiger partial charge is 0.373 e. The summed E-state index contributed by atoms with van der Waals surface area (Å²) < 4.78 is 0. The predicted octanol–water partition coefficient (Wildman–Crippen LogP) is 1.35. The van der Waals surface area contributed by atoms with Crippen molar-refractivity contribution in [3.05, 3.63) is 42.8 Å². The van der Waals surface area contributed by atoms with Crippen LogP contribution in [0.2, 0.25) is 0 Å². The molecule has 1 aromatic heterocycles. The Bertz CT molecular complexity index is 406. The van der Waals surface area contributed by atoms with E-state index >= 15 is 0 Å². The Balaban J connectivity index is 2.06. The minimum absolute atomic E-state index is 0.827. The topological polar surface area (TPSA) is 41.4 Å². The molecule has 76 valence electrons. The molecule has 0 radical (unpaired) electrons. The van der Waals surface area contributed by atoms with Crippen molar-refractivity contribution in [2.45, 2.75) is 0 Å². The smallest absolute Gasteiger partial charge is 0.0813 e. The summed E-state index contributed by atoms with van der Waals surface area (Å²) in [6, 6.07) is 0. The van der Waals surface area contributed by atoms with E-state index in [0.717, 1.165) is 18.0 Å². The van der Waals surface area contributed by atoms with Crippen LogP contribution in [0.25, 0.3) is 6.08 Å². The van der Waals surface area contributed by atoms with Gasteiger partial charge in [0.05, 0.1) is 24.1 Å². The zero-order chi connectivity index (χ0) is 10.5. The molecule has 2 heterocycles. The molecule has 0 unspecified atom stereocenters. The molecule has 0 fully saturated rings. The summed E-state index contributed by atoms with van der Waals surface area (Å²) in [5, 5.41) is 0. The van der Waals surface area contributed by atoms with E-state index in [4.69, 9.17) is 0 Å². The Labute approximate surface area is 88.7 Å². The summed E-state index contributed by atoms with van der Waals surface area (Å²) >= 11 is 0. The minimum atomic E-state index is 0.827. The van der Waals surface area contributed by atoms with Crippen molar-refractivity contribution >= 4 is 11.8 Å². The molecule has 0 atom stereocenters. The summed E-state index contributed by atoms with van der Waals surface area (Å²) in [7, 11) is 2.02. The molecule has 2 rings (SSSR count). The predicted molar refractivity (Wildman–Crippen MR) is 60.3 cm³/mol. The fraction of sp³-hybridized carbons (Fsp3) is 0.182. The van der Waals surface area contributed by atoms with E-state index in [1.54, 1.807) is 24.8 Å². The Morgan fingerprint density at radius 3 is 3.00 bits per heavy atom. The van der Waals surface area contributed by atoms with Crippen LogP contribution >= 0.6 is 0 Å². The number of hydrogen-bond donors (Lipinski definition) is 0. The highest BCUT2D eigenvalue weighted by Gasteiger charge is 2.00. The molecule has 0 N–H and O–H groups in total. The van der Waals surface area contributed by atoms with E-state index in [2.05, 4.69) is 19.9 Å². The summed E-state index contributed by atoms with van der Waals surface area (Å²) in [6.07, 6.45) is 12.7. The molecule has 1 aliphatic heterocycles. The van der Waals surface area contributed by atoms with E-state index in [-0.39, 0.29) is 0 Å². The van der Waals surface area contributed by atoms with Crippen molar-refractivity contribution in [2.75, 3.05) is 13.6 Å². The minimum Gasteiger partial charge on any atom is -0.373 e. The zero-order valence-electron chi connectivity index (χ0n) is 8.54. The van der Waals surface area contributed by atoms with Crippen LogP contribution in [-0.4, -0.2) is 34.2 Å². The van der Waals surface area contributed by atoms with Gasteiger partial charge in [-0.15, -0.1) is 0 Å². The quantitative estimate of drug-likeness (QED) is 0.723. The van der Waals surface area contributed by atoms with Crippen LogP contribution in [0.4, 0.5) is 0 Å². The van der Waals surface area contributed by atoms with Crippen LogP contribution in [0.15, 0.2) is 42.1 Å². The molecule has 0 spiro atoms. The van der Waals surface area contributed by atoms with Crippen LogP contribution in [0.1, 0.15) is 5.69 Å². The molecule has 0 aliphatic carbocycles. The Morgan fingerprint density at radius 2 is 2.27 bits per heavy atom. The Hall–Kier alpha value is -1.97. The van der Waals surface area contributed by atoms with E-state index in [0.29, 0.717) is 0 Å². The molecule has 0 aromatic carbocycles. The van der Waals surface area contributed by atoms with Gasteiger partial charge in [-0.1, -0.05) is 0 Å². The highest BCUT2D eigenvalue weighted by Crippen LogP contribution is 2.00. The number of nitrogens with zero attached hydrogens (tertiary/aromatic N) is 4. The van der Waals surface area contributed by atoms with Gasteiger partial charge in [0, 0.05) is 31.8 Å². The second kappa shape index (κ2) is 4.50. The number of aromatic nitrogens is 2. The summed E-state index contributed by atoms with van der Waals surface area (Å²) in [5.41, 5.74) is 1.86. The van der Waals surface area contributed by atoms with Gasteiger partial charge in [0.15, 0.2) is 0 Å². The fourth-order valence-electron chi connectivity index (χ4n) is 1.27. The van der Waals surface area contributed by atoms with Crippen LogP contribution in [0, 0.1) is 0 Å². The first kappa shape index (κ1) is 9.58. The number of hydrogen-bond acceptors (Lipinski definition) is 4. The number of aliphatic imine (C=N–C) groups is 1. The first-order valence-electron chi connectivity index (χ1n) is 4.72. The molecule has 4 heteroatoms. The SMILES string of the molecule is CN1C=CN=C(C=Cc2cnccn2)C1. The fourth-order valence-corrected chi connectivity index (χ4v) is 1.27. The van der Waals surface area contributed by atoms with Crippen LogP contribution in [0.3, 0.4) is 0 Å².